The minimum absolute atomic E-state index is 0.00415. The molecule has 0 aromatic heterocycles. The minimum atomic E-state index is -1.75. The molecule has 4 rings (SSSR count). The van der Waals surface area contributed by atoms with Crippen LogP contribution in [0.1, 0.15) is 238 Å². The second kappa shape index (κ2) is 45.9. The van der Waals surface area contributed by atoms with Gasteiger partial charge in [0.2, 0.25) is 76.8 Å². The summed E-state index contributed by atoms with van der Waals surface area (Å²) in [6.07, 6.45) is 7.07. The molecule has 13 amide bonds. The summed E-state index contributed by atoms with van der Waals surface area (Å²) in [6.45, 7) is 25.7. The summed E-state index contributed by atoms with van der Waals surface area (Å²) in [5, 5.41) is 26.1. The van der Waals surface area contributed by atoms with Crippen molar-refractivity contribution in [2.45, 2.75) is 316 Å². The Kier molecular flexibility index (Phi) is 39.9. The van der Waals surface area contributed by atoms with Gasteiger partial charge in [-0.25, -0.2) is 0 Å². The van der Waals surface area contributed by atoms with Crippen LogP contribution in [-0.4, -0.2) is 289 Å². The molecule has 6 N–H and O–H groups in total. The van der Waals surface area contributed by atoms with Gasteiger partial charge in [-0.05, 0) is 159 Å². The van der Waals surface area contributed by atoms with Crippen LogP contribution < -0.4 is 26.6 Å². The number of aliphatic hydroxyl groups excluding tert-OH is 1. The second-order valence-corrected chi connectivity index (χ2v) is 35.5. The van der Waals surface area contributed by atoms with Crippen molar-refractivity contribution < 1.29 is 76.9 Å². The third kappa shape index (κ3) is 28.8. The number of ether oxygens (including phenoxy) is 2. The Bertz CT molecular complexity index is 3110. The fourth-order valence-corrected chi connectivity index (χ4v) is 16.2. The molecule has 4 aliphatic rings. The lowest BCUT2D eigenvalue weighted by Gasteiger charge is -2.39. The van der Waals surface area contributed by atoms with E-state index in [0.717, 1.165) is 43.4 Å². The van der Waals surface area contributed by atoms with Gasteiger partial charge in [0.1, 0.15) is 60.4 Å². The first-order valence-electron chi connectivity index (χ1n) is 41.8. The van der Waals surface area contributed by atoms with Crippen LogP contribution in [0.2, 0.25) is 0 Å². The summed E-state index contributed by atoms with van der Waals surface area (Å²) < 4.78 is 12.1. The number of carbonyl (C=O) groups is 13. The van der Waals surface area contributed by atoms with Gasteiger partial charge in [-0.1, -0.05) is 108 Å². The van der Waals surface area contributed by atoms with Crippen LogP contribution in [0.3, 0.4) is 0 Å². The van der Waals surface area contributed by atoms with Gasteiger partial charge in [-0.15, -0.1) is 0 Å². The second-order valence-electron chi connectivity index (χ2n) is 35.5. The lowest BCUT2D eigenvalue weighted by Crippen LogP contribution is -2.63. The third-order valence-corrected chi connectivity index (χ3v) is 23.5. The quantitative estimate of drug-likeness (QED) is 0.0779. The average molecular weight is 1580 g/mol. The van der Waals surface area contributed by atoms with Crippen molar-refractivity contribution in [2.24, 2.45) is 47.3 Å². The molecule has 2 saturated carbocycles. The Hall–Kier alpha value is -7.01. The van der Waals surface area contributed by atoms with Gasteiger partial charge in [0.05, 0.1) is 36.8 Å². The van der Waals surface area contributed by atoms with Gasteiger partial charge in [-0.3, -0.25) is 62.3 Å². The lowest BCUT2D eigenvalue weighted by molar-refractivity contribution is -0.152. The summed E-state index contributed by atoms with van der Waals surface area (Å²) >= 11 is 0. The topological polar surface area (TPSA) is 347 Å². The van der Waals surface area contributed by atoms with Gasteiger partial charge in [-0.2, -0.15) is 0 Å². The first-order valence-corrected chi connectivity index (χ1v) is 41.8. The van der Waals surface area contributed by atoms with Crippen LogP contribution in [0.4, 0.5) is 0 Å². The summed E-state index contributed by atoms with van der Waals surface area (Å²) in [5.74, 6) is -9.75. The van der Waals surface area contributed by atoms with Crippen molar-refractivity contribution in [1.29, 1.82) is 0 Å². The van der Waals surface area contributed by atoms with Crippen molar-refractivity contribution in [3.05, 3.63) is 0 Å². The van der Waals surface area contributed by atoms with E-state index in [1.807, 2.05) is 69.2 Å². The molecule has 112 heavy (non-hydrogen) atoms. The maximum atomic E-state index is 15.8. The van der Waals surface area contributed by atoms with Crippen LogP contribution in [0.5, 0.6) is 0 Å². The molecule has 2 aliphatic heterocycles. The van der Waals surface area contributed by atoms with E-state index in [2.05, 4.69) is 26.6 Å². The fraction of sp³-hybridized carbons (Fsp3) is 0.843. The number of nitrogens with one attached hydrogen (secondary N) is 5. The molecule has 0 aromatic carbocycles. The zero-order chi connectivity index (χ0) is 84.5. The molecule has 15 atom stereocenters. The number of likely N-dealkylation sites (tertiary alicyclic amines) is 1. The van der Waals surface area contributed by atoms with Gasteiger partial charge in [0, 0.05) is 89.5 Å². The predicted molar refractivity (Wildman–Crippen MR) is 430 cm³/mol. The third-order valence-electron chi connectivity index (χ3n) is 23.5. The van der Waals surface area contributed by atoms with Gasteiger partial charge >= 0.3 is 0 Å². The standard InChI is InChI=1S/C83H147N13O16/c1-24-54(10)70-81(109)95(22)66(46-56-32-27-25-28-33-56)80(108)94(21)64(44-52(6)7)74(102)86-60(49-112-83(12,13)14)77(105)92(19)65(45-53(8)9)76(104)88-71(55(11)97)82(110)91(18)61(38-36-57-35-37-58(72(100)84-15)67(47-57)111-23)79(107)93(20)63(43-51(4)5)73(101)85-59(78(106)96-40-29-26-30-41-96)48-69(99)89(16)39-31-34-68(98)90(17)62(42-50(2)3)75(103)87-70/h50-67,70-71,97H,24-49H2,1-23H3,(H,84,100)(H,85,101)(H,86,102)(H,87,103)(H,88,104)/t54-,55+,57?,58?,59-,60-,61-,62-,63-,64-,65-,66-,67?,70-,71-/m0/s1. The number of carbonyl (C=O) groups excluding carboxylic acids is 13. The summed E-state index contributed by atoms with van der Waals surface area (Å²) in [7, 11) is 13.4. The number of hydrogen-bond acceptors (Lipinski definition) is 16. The lowest BCUT2D eigenvalue weighted by atomic mass is 9.77. The summed E-state index contributed by atoms with van der Waals surface area (Å²) in [5.41, 5.74) is -0.869. The number of hydrogen-bond donors (Lipinski definition) is 6. The number of rotatable bonds is 21. The van der Waals surface area contributed by atoms with Crippen LogP contribution in [0, 0.1) is 47.3 Å². The predicted octanol–water partition coefficient (Wildman–Crippen LogP) is 5.90. The highest BCUT2D eigenvalue weighted by Gasteiger charge is 2.46. The van der Waals surface area contributed by atoms with E-state index in [1.165, 1.54) is 85.7 Å². The Morgan fingerprint density at radius 2 is 0.964 bits per heavy atom. The Balaban J connectivity index is 2.00. The molecule has 0 bridgehead atoms. The Labute approximate surface area is 670 Å². The van der Waals surface area contributed by atoms with E-state index < -0.39 is 174 Å². The highest BCUT2D eigenvalue weighted by molar-refractivity contribution is 6.00. The van der Waals surface area contributed by atoms with E-state index in [4.69, 9.17) is 9.47 Å². The normalized spacial score (nSPS) is 28.1. The van der Waals surface area contributed by atoms with Crippen molar-refractivity contribution in [2.75, 3.05) is 89.7 Å². The molecule has 2 saturated heterocycles. The van der Waals surface area contributed by atoms with Crippen LogP contribution in [-0.2, 0) is 71.8 Å². The van der Waals surface area contributed by atoms with Crippen LogP contribution >= 0.6 is 0 Å². The number of methoxy groups -OCH3 is 1. The largest absolute Gasteiger partial charge is 0.391 e. The number of amides is 13. The number of likely N-dealkylation sites (N-methyl/N-ethyl adjacent to an activating group) is 6. The van der Waals surface area contributed by atoms with Crippen LogP contribution in [0.25, 0.3) is 0 Å². The summed E-state index contributed by atoms with van der Waals surface area (Å²) in [4.78, 5) is 206. The molecule has 2 aliphatic carbocycles. The highest BCUT2D eigenvalue weighted by Crippen LogP contribution is 2.36. The van der Waals surface area contributed by atoms with E-state index in [1.54, 1.807) is 39.8 Å². The number of piperidine rings is 1. The average Bonchev–Trinajstić information content (AvgIpc) is 0.808. The molecule has 640 valence electrons. The Morgan fingerprint density at radius 3 is 1.46 bits per heavy atom. The van der Waals surface area contributed by atoms with E-state index in [-0.39, 0.29) is 99.3 Å². The molecule has 2 heterocycles. The molecule has 0 aromatic rings. The van der Waals surface area contributed by atoms with Gasteiger partial charge in [0.15, 0.2) is 0 Å². The van der Waals surface area contributed by atoms with Crippen molar-refractivity contribution in [1.82, 2.24) is 65.8 Å². The maximum absolute atomic E-state index is 15.8. The highest BCUT2D eigenvalue weighted by atomic mass is 16.5. The molecular formula is C83H147N13O16. The van der Waals surface area contributed by atoms with E-state index >= 15 is 38.4 Å². The molecule has 29 nitrogen and oxygen atoms in total. The molecule has 0 radical (unpaired) electrons. The van der Waals surface area contributed by atoms with Crippen molar-refractivity contribution >= 4 is 76.8 Å². The fourth-order valence-electron chi connectivity index (χ4n) is 16.2. The van der Waals surface area contributed by atoms with Gasteiger partial charge < -0.3 is 80.4 Å². The molecule has 4 fully saturated rings. The number of nitrogens with zero attached hydrogens (tertiary/aromatic N) is 8. The molecular weight excluding hydrogens is 1430 g/mol. The van der Waals surface area contributed by atoms with Crippen molar-refractivity contribution in [3.63, 3.8) is 0 Å². The first-order chi connectivity index (χ1) is 52.4. The zero-order valence-electron chi connectivity index (χ0n) is 72.6. The molecule has 0 spiro atoms. The number of aliphatic hydroxyl groups is 1. The maximum Gasteiger partial charge on any atom is 0.248 e. The van der Waals surface area contributed by atoms with E-state index in [0.29, 0.717) is 58.0 Å². The summed E-state index contributed by atoms with van der Waals surface area (Å²) in [6, 6.07) is -13.2. The first kappa shape index (κ1) is 97.4. The van der Waals surface area contributed by atoms with Crippen molar-refractivity contribution in [3.8, 4) is 0 Å². The Morgan fingerprint density at radius 1 is 0.509 bits per heavy atom. The minimum Gasteiger partial charge on any atom is -0.391 e. The van der Waals surface area contributed by atoms with E-state index in [9.17, 15) is 29.1 Å². The SMILES string of the molecule is CC[C@H](C)[C@@H]1NC(=O)[C@H](CC(C)C)N(C)C(=O)CCCN(C)C(=O)C[C@@H](C(=O)N2CCCCC2)NC(=O)[C@H](CC(C)C)N(C)C(=O)[C@H](CCC2CCC(C(=O)NC)C(OC)C2)N(C)C(=O)[C@H]([C@@H](C)O)NC(=O)[C@H](CC(C)C)N(C)C(=O)[C@H](COC(C)(C)C)NC(=O)[C@H](CC(C)C)N(C)C(=O)[C@H](CC2CCCCC2)N(C)C1=O. The van der Waals surface area contributed by atoms with Crippen LogP contribution in [0.15, 0.2) is 0 Å². The van der Waals surface area contributed by atoms with Gasteiger partial charge in [0.25, 0.3) is 0 Å². The smallest absolute Gasteiger partial charge is 0.248 e. The monoisotopic (exact) mass is 1580 g/mol. The molecule has 3 unspecified atom stereocenters. The molecule has 29 heteroatoms. The zero-order valence-corrected chi connectivity index (χ0v) is 72.6.